The van der Waals surface area contributed by atoms with Gasteiger partial charge in [0.05, 0.1) is 6.10 Å². The van der Waals surface area contributed by atoms with E-state index < -0.39 is 0 Å². The molecule has 0 saturated heterocycles. The second kappa shape index (κ2) is 5.66. The number of hydrogen-bond acceptors (Lipinski definition) is 4. The Labute approximate surface area is 90.8 Å². The minimum atomic E-state index is -0.320. The highest BCUT2D eigenvalue weighted by molar-refractivity contribution is 5.27. The summed E-state index contributed by atoms with van der Waals surface area (Å²) in [7, 11) is 0. The van der Waals surface area contributed by atoms with Crippen molar-refractivity contribution >= 4 is 5.95 Å². The van der Waals surface area contributed by atoms with Gasteiger partial charge in [-0.1, -0.05) is 13.3 Å². The maximum Gasteiger partial charge on any atom is 0.223 e. The van der Waals surface area contributed by atoms with Crippen molar-refractivity contribution in [1.82, 2.24) is 9.97 Å². The first kappa shape index (κ1) is 11.9. The lowest BCUT2D eigenvalue weighted by atomic mass is 10.2. The second-order valence-corrected chi connectivity index (χ2v) is 3.80. The molecule has 15 heavy (non-hydrogen) atoms. The van der Waals surface area contributed by atoms with Crippen molar-refractivity contribution in [3.63, 3.8) is 0 Å². The van der Waals surface area contributed by atoms with Crippen molar-refractivity contribution < 1.29 is 5.11 Å². The van der Waals surface area contributed by atoms with Gasteiger partial charge >= 0.3 is 0 Å². The van der Waals surface area contributed by atoms with Crippen LogP contribution in [0.5, 0.6) is 0 Å². The van der Waals surface area contributed by atoms with E-state index in [-0.39, 0.29) is 6.10 Å². The predicted molar refractivity (Wildman–Crippen MR) is 60.9 cm³/mol. The molecule has 1 aromatic heterocycles. The Morgan fingerprint density at radius 3 is 2.47 bits per heavy atom. The van der Waals surface area contributed by atoms with Gasteiger partial charge < -0.3 is 10.4 Å². The monoisotopic (exact) mass is 209 g/mol. The van der Waals surface area contributed by atoms with Gasteiger partial charge in [0.15, 0.2) is 0 Å². The molecule has 0 bridgehead atoms. The quantitative estimate of drug-likeness (QED) is 0.774. The first-order chi connectivity index (χ1) is 7.11. The Balaban J connectivity index is 2.50. The topological polar surface area (TPSA) is 58.0 Å². The van der Waals surface area contributed by atoms with Gasteiger partial charge in [0.1, 0.15) is 0 Å². The normalized spacial score (nSPS) is 12.5. The Kier molecular flexibility index (Phi) is 4.49. The summed E-state index contributed by atoms with van der Waals surface area (Å²) in [6, 6.07) is 1.92. The van der Waals surface area contributed by atoms with Gasteiger partial charge in [0.2, 0.25) is 5.95 Å². The number of aliphatic hydroxyl groups is 1. The van der Waals surface area contributed by atoms with E-state index in [1.54, 1.807) is 0 Å². The summed E-state index contributed by atoms with van der Waals surface area (Å²) in [5, 5.41) is 12.6. The molecular weight excluding hydrogens is 190 g/mol. The number of rotatable bonds is 5. The molecule has 0 aliphatic heterocycles. The molecule has 4 heteroatoms. The van der Waals surface area contributed by atoms with E-state index in [0.717, 1.165) is 24.2 Å². The predicted octanol–water partition coefficient (Wildman–Crippen LogP) is 1.67. The van der Waals surface area contributed by atoms with Crippen LogP contribution in [0.1, 0.15) is 31.2 Å². The van der Waals surface area contributed by atoms with Crippen LogP contribution >= 0.6 is 0 Å². The van der Waals surface area contributed by atoms with Gasteiger partial charge in [-0.3, -0.25) is 0 Å². The van der Waals surface area contributed by atoms with Crippen LogP contribution in [0.3, 0.4) is 0 Å². The zero-order valence-electron chi connectivity index (χ0n) is 9.62. The molecule has 0 fully saturated rings. The minimum Gasteiger partial charge on any atom is -0.391 e. The average Bonchev–Trinajstić information content (AvgIpc) is 2.14. The molecule has 0 saturated carbocycles. The summed E-state index contributed by atoms with van der Waals surface area (Å²) in [4.78, 5) is 8.47. The smallest absolute Gasteiger partial charge is 0.223 e. The molecule has 0 aliphatic rings. The van der Waals surface area contributed by atoms with Crippen LogP contribution in [0, 0.1) is 13.8 Å². The van der Waals surface area contributed by atoms with Gasteiger partial charge in [-0.2, -0.15) is 0 Å². The van der Waals surface area contributed by atoms with Gasteiger partial charge in [-0.15, -0.1) is 0 Å². The first-order valence-electron chi connectivity index (χ1n) is 5.36. The summed E-state index contributed by atoms with van der Waals surface area (Å²) < 4.78 is 0. The summed E-state index contributed by atoms with van der Waals surface area (Å²) >= 11 is 0. The van der Waals surface area contributed by atoms with Gasteiger partial charge in [-0.05, 0) is 26.3 Å². The van der Waals surface area contributed by atoms with Crippen LogP contribution in [-0.4, -0.2) is 27.7 Å². The summed E-state index contributed by atoms with van der Waals surface area (Å²) in [6.07, 6.45) is 1.47. The molecule has 4 nitrogen and oxygen atoms in total. The fourth-order valence-corrected chi connectivity index (χ4v) is 1.45. The van der Waals surface area contributed by atoms with Crippen LogP contribution in [-0.2, 0) is 0 Å². The van der Waals surface area contributed by atoms with Crippen molar-refractivity contribution in [2.45, 2.75) is 39.7 Å². The Bertz CT molecular complexity index is 294. The van der Waals surface area contributed by atoms with E-state index in [1.807, 2.05) is 19.9 Å². The van der Waals surface area contributed by atoms with E-state index in [2.05, 4.69) is 22.2 Å². The highest BCUT2D eigenvalue weighted by atomic mass is 16.3. The fraction of sp³-hybridized carbons (Fsp3) is 0.636. The highest BCUT2D eigenvalue weighted by Crippen LogP contribution is 2.04. The van der Waals surface area contributed by atoms with Gasteiger partial charge in [0.25, 0.3) is 0 Å². The van der Waals surface area contributed by atoms with Crippen molar-refractivity contribution in [3.8, 4) is 0 Å². The fourth-order valence-electron chi connectivity index (χ4n) is 1.45. The first-order valence-corrected chi connectivity index (χ1v) is 5.36. The minimum absolute atomic E-state index is 0.320. The van der Waals surface area contributed by atoms with Crippen molar-refractivity contribution in [2.75, 3.05) is 11.9 Å². The maximum absolute atomic E-state index is 9.53. The van der Waals surface area contributed by atoms with Crippen LogP contribution < -0.4 is 5.32 Å². The van der Waals surface area contributed by atoms with E-state index in [1.165, 1.54) is 0 Å². The van der Waals surface area contributed by atoms with Crippen LogP contribution in [0.4, 0.5) is 5.95 Å². The van der Waals surface area contributed by atoms with Crippen LogP contribution in [0.15, 0.2) is 6.07 Å². The molecule has 1 unspecified atom stereocenters. The molecule has 0 spiro atoms. The summed E-state index contributed by atoms with van der Waals surface area (Å²) in [6.45, 7) is 6.43. The summed E-state index contributed by atoms with van der Waals surface area (Å²) in [5.74, 6) is 0.600. The molecule has 84 valence electrons. The molecule has 1 atom stereocenters. The maximum atomic E-state index is 9.53. The van der Waals surface area contributed by atoms with E-state index in [4.69, 9.17) is 0 Å². The Morgan fingerprint density at radius 2 is 1.93 bits per heavy atom. The third-order valence-corrected chi connectivity index (χ3v) is 2.10. The SMILES string of the molecule is CCCC(O)CNc1nc(C)cc(C)n1. The molecule has 1 heterocycles. The molecule has 0 amide bonds. The molecule has 1 rings (SSSR count). The van der Waals surface area contributed by atoms with Crippen molar-refractivity contribution in [1.29, 1.82) is 0 Å². The molecule has 0 aromatic carbocycles. The van der Waals surface area contributed by atoms with Crippen LogP contribution in [0.2, 0.25) is 0 Å². The van der Waals surface area contributed by atoms with Crippen molar-refractivity contribution in [2.24, 2.45) is 0 Å². The van der Waals surface area contributed by atoms with Crippen LogP contribution in [0.25, 0.3) is 0 Å². The third kappa shape index (κ3) is 4.25. The standard InChI is InChI=1S/C11H19N3O/c1-4-5-10(15)7-12-11-13-8(2)6-9(3)14-11/h6,10,15H,4-5,7H2,1-3H3,(H,12,13,14). The number of aromatic nitrogens is 2. The largest absolute Gasteiger partial charge is 0.391 e. The Hall–Kier alpha value is -1.16. The lowest BCUT2D eigenvalue weighted by Crippen LogP contribution is -2.20. The number of nitrogens with one attached hydrogen (secondary N) is 1. The van der Waals surface area contributed by atoms with Crippen molar-refractivity contribution in [3.05, 3.63) is 17.5 Å². The second-order valence-electron chi connectivity index (χ2n) is 3.80. The zero-order valence-corrected chi connectivity index (χ0v) is 9.62. The number of aryl methyl sites for hydroxylation is 2. The zero-order chi connectivity index (χ0) is 11.3. The van der Waals surface area contributed by atoms with E-state index >= 15 is 0 Å². The van der Waals surface area contributed by atoms with Gasteiger partial charge in [-0.25, -0.2) is 9.97 Å². The van der Waals surface area contributed by atoms with E-state index in [0.29, 0.717) is 12.5 Å². The molecule has 0 radical (unpaired) electrons. The van der Waals surface area contributed by atoms with E-state index in [9.17, 15) is 5.11 Å². The molecular formula is C11H19N3O. The number of nitrogens with zero attached hydrogens (tertiary/aromatic N) is 2. The highest BCUT2D eigenvalue weighted by Gasteiger charge is 2.04. The molecule has 1 aromatic rings. The molecule has 0 aliphatic carbocycles. The number of anilines is 1. The van der Waals surface area contributed by atoms with Gasteiger partial charge in [0, 0.05) is 17.9 Å². The Morgan fingerprint density at radius 1 is 1.33 bits per heavy atom. The third-order valence-electron chi connectivity index (χ3n) is 2.10. The lowest BCUT2D eigenvalue weighted by molar-refractivity contribution is 0.176. The number of aliphatic hydroxyl groups excluding tert-OH is 1. The summed E-state index contributed by atoms with van der Waals surface area (Å²) in [5.41, 5.74) is 1.88. The average molecular weight is 209 g/mol. The molecule has 2 N–H and O–H groups in total. The number of hydrogen-bond donors (Lipinski definition) is 2. The lowest BCUT2D eigenvalue weighted by Gasteiger charge is -2.11.